The van der Waals surface area contributed by atoms with Crippen molar-refractivity contribution in [3.05, 3.63) is 71.9 Å². The van der Waals surface area contributed by atoms with Crippen LogP contribution < -0.4 is 24.7 Å². The van der Waals surface area contributed by atoms with E-state index in [-0.39, 0.29) is 23.7 Å². The van der Waals surface area contributed by atoms with Gasteiger partial charge in [0.15, 0.2) is 22.9 Å². The van der Waals surface area contributed by atoms with Crippen molar-refractivity contribution in [1.29, 1.82) is 0 Å². The lowest BCUT2D eigenvalue weighted by atomic mass is 10.1. The fourth-order valence-corrected chi connectivity index (χ4v) is 4.74. The molecule has 9 heteroatoms. The molecule has 2 unspecified atom stereocenters. The van der Waals surface area contributed by atoms with Crippen LogP contribution in [0.4, 0.5) is 5.82 Å². The summed E-state index contributed by atoms with van der Waals surface area (Å²) in [5.41, 5.74) is 7.34. The Morgan fingerprint density at radius 3 is 2.65 bits per heavy atom. The van der Waals surface area contributed by atoms with E-state index in [0.29, 0.717) is 35.4 Å². The van der Waals surface area contributed by atoms with E-state index < -0.39 is 11.4 Å². The van der Waals surface area contributed by atoms with Gasteiger partial charge in [-0.15, -0.1) is 0 Å². The first-order valence-electron chi connectivity index (χ1n) is 9.68. The third kappa shape index (κ3) is 3.97. The van der Waals surface area contributed by atoms with E-state index in [9.17, 15) is 9.35 Å². The van der Waals surface area contributed by atoms with E-state index in [1.807, 2.05) is 42.5 Å². The van der Waals surface area contributed by atoms with Crippen LogP contribution in [-0.4, -0.2) is 22.1 Å². The Bertz CT molecular complexity index is 1110. The summed E-state index contributed by atoms with van der Waals surface area (Å²) in [6.45, 7) is 0.350. The summed E-state index contributed by atoms with van der Waals surface area (Å²) in [5.74, 6) is 2.64. The van der Waals surface area contributed by atoms with Gasteiger partial charge in [-0.1, -0.05) is 24.3 Å². The molecule has 1 amide bonds. The van der Waals surface area contributed by atoms with Crippen LogP contribution in [0.3, 0.4) is 0 Å². The molecular formula is C22H19N3O5S. The lowest BCUT2D eigenvalue weighted by Gasteiger charge is -2.15. The van der Waals surface area contributed by atoms with E-state index in [4.69, 9.17) is 19.9 Å². The topological polar surface area (TPSA) is 119 Å². The summed E-state index contributed by atoms with van der Waals surface area (Å²) >= 11 is -1.39. The number of benzene rings is 2. The molecule has 1 aromatic heterocycles. The molecule has 3 aromatic rings. The zero-order chi connectivity index (χ0) is 21.4. The highest BCUT2D eigenvalue weighted by atomic mass is 32.2. The number of para-hydroxylation sites is 1. The molecule has 0 aliphatic carbocycles. The first kappa shape index (κ1) is 19.5. The molecule has 1 fully saturated rings. The summed E-state index contributed by atoms with van der Waals surface area (Å²) in [4.78, 5) is 15.5. The monoisotopic (exact) mass is 437 g/mol. The quantitative estimate of drug-likeness (QED) is 0.588. The fourth-order valence-electron chi connectivity index (χ4n) is 3.58. The maximum atomic E-state index is 12.0. The normalized spacial score (nSPS) is 21.8. The number of rotatable bonds is 5. The lowest BCUT2D eigenvalue weighted by molar-refractivity contribution is -0.118. The van der Waals surface area contributed by atoms with Crippen molar-refractivity contribution in [3.8, 4) is 23.0 Å². The van der Waals surface area contributed by atoms with Crippen molar-refractivity contribution in [2.45, 2.75) is 17.8 Å². The second-order valence-corrected chi connectivity index (χ2v) is 8.57. The number of amides is 1. The number of anilines is 1. The van der Waals surface area contributed by atoms with Gasteiger partial charge in [0.2, 0.25) is 0 Å². The number of carbonyl (C=O) groups excluding carboxylic acids is 1. The van der Waals surface area contributed by atoms with Crippen LogP contribution in [0.5, 0.6) is 23.0 Å². The number of aromatic nitrogens is 1. The summed E-state index contributed by atoms with van der Waals surface area (Å²) in [7, 11) is 0. The molecule has 2 aromatic carbocycles. The Morgan fingerprint density at radius 2 is 1.94 bits per heavy atom. The van der Waals surface area contributed by atoms with Gasteiger partial charge in [-0.05, 0) is 30.3 Å². The van der Waals surface area contributed by atoms with E-state index in [0.717, 1.165) is 11.1 Å². The van der Waals surface area contributed by atoms with Gasteiger partial charge in [0, 0.05) is 11.1 Å². The molecule has 0 radical (unpaired) electrons. The highest BCUT2D eigenvalue weighted by Crippen LogP contribution is 2.43. The minimum absolute atomic E-state index is 0.198. The van der Waals surface area contributed by atoms with Crippen molar-refractivity contribution in [3.63, 3.8) is 0 Å². The van der Waals surface area contributed by atoms with Gasteiger partial charge in [-0.2, -0.15) is 4.72 Å². The van der Waals surface area contributed by atoms with Gasteiger partial charge in [-0.3, -0.25) is 4.79 Å². The van der Waals surface area contributed by atoms with Gasteiger partial charge in [0.1, 0.15) is 23.9 Å². The SMILES string of the molecule is Nc1ccc(Oc2cccc3c2OC[C@H]3Oc2ccc(C3CC(=O)N[S+]3[O-])cc2)cn1. The second-order valence-electron chi connectivity index (χ2n) is 7.20. The van der Waals surface area contributed by atoms with Gasteiger partial charge in [0.25, 0.3) is 5.91 Å². The molecule has 0 spiro atoms. The van der Waals surface area contributed by atoms with Crippen LogP contribution >= 0.6 is 0 Å². The lowest BCUT2D eigenvalue weighted by Crippen LogP contribution is -2.21. The van der Waals surface area contributed by atoms with Crippen molar-refractivity contribution in [2.75, 3.05) is 12.3 Å². The van der Waals surface area contributed by atoms with Gasteiger partial charge < -0.3 is 24.5 Å². The van der Waals surface area contributed by atoms with Crippen molar-refractivity contribution >= 4 is 23.1 Å². The first-order valence-corrected chi connectivity index (χ1v) is 10.9. The van der Waals surface area contributed by atoms with Gasteiger partial charge >= 0.3 is 0 Å². The number of hydrogen-bond acceptors (Lipinski definition) is 7. The largest absolute Gasteiger partial charge is 0.593 e. The number of nitrogen functional groups attached to an aromatic ring is 1. The number of nitrogens with zero attached hydrogens (tertiary/aromatic N) is 1. The Morgan fingerprint density at radius 1 is 1.13 bits per heavy atom. The van der Waals surface area contributed by atoms with Crippen LogP contribution in [0, 0.1) is 0 Å². The molecule has 5 rings (SSSR count). The second kappa shape index (κ2) is 8.01. The van der Waals surface area contributed by atoms with E-state index in [1.165, 1.54) is 0 Å². The number of ether oxygens (including phenoxy) is 3. The smallest absolute Gasteiger partial charge is 0.266 e. The standard InChI is InChI=1S/C22H19N3O5S/c23-20-9-8-15(11-24-20)30-17-3-1-2-16-18(12-28-22(16)17)29-14-6-4-13(5-7-14)19-10-21(26)25-31(19)27/h1-9,11,18-19H,10,12H2,(H2,23,24)(H,25,26)/t18-,19?,31?/m1/s1. The van der Waals surface area contributed by atoms with Crippen LogP contribution in [0.2, 0.25) is 0 Å². The number of fused-ring (bicyclic) bond motifs is 1. The van der Waals surface area contributed by atoms with E-state index in [1.54, 1.807) is 18.3 Å². The molecule has 2 aliphatic rings. The third-order valence-electron chi connectivity index (χ3n) is 5.10. The fraction of sp³-hybridized carbons (Fsp3) is 0.182. The van der Waals surface area contributed by atoms with Gasteiger partial charge in [0.05, 0.1) is 24.0 Å². The molecule has 0 bridgehead atoms. The Kier molecular flexibility index (Phi) is 5.05. The predicted molar refractivity (Wildman–Crippen MR) is 114 cm³/mol. The predicted octanol–water partition coefficient (Wildman–Crippen LogP) is 3.19. The number of carbonyl (C=O) groups is 1. The van der Waals surface area contributed by atoms with Crippen molar-refractivity contribution in [2.24, 2.45) is 0 Å². The zero-order valence-corrected chi connectivity index (χ0v) is 17.1. The van der Waals surface area contributed by atoms with Gasteiger partial charge in [-0.25, -0.2) is 4.98 Å². The highest BCUT2D eigenvalue weighted by molar-refractivity contribution is 7.90. The summed E-state index contributed by atoms with van der Waals surface area (Å²) in [6.07, 6.45) is 1.49. The average molecular weight is 437 g/mol. The number of hydrogen-bond donors (Lipinski definition) is 2. The zero-order valence-electron chi connectivity index (χ0n) is 16.3. The first-order chi connectivity index (χ1) is 15.1. The number of pyridine rings is 1. The molecule has 0 saturated carbocycles. The van der Waals surface area contributed by atoms with Crippen molar-refractivity contribution in [1.82, 2.24) is 9.71 Å². The molecule has 8 nitrogen and oxygen atoms in total. The Labute approximate surface area is 181 Å². The van der Waals surface area contributed by atoms with Crippen LogP contribution in [0.15, 0.2) is 60.8 Å². The highest BCUT2D eigenvalue weighted by Gasteiger charge is 2.37. The van der Waals surface area contributed by atoms with Crippen LogP contribution in [-0.2, 0) is 16.2 Å². The minimum atomic E-state index is -1.39. The molecule has 1 saturated heterocycles. The molecule has 2 aliphatic heterocycles. The summed E-state index contributed by atoms with van der Waals surface area (Å²) in [6, 6.07) is 16.4. The molecule has 3 N–H and O–H groups in total. The maximum Gasteiger partial charge on any atom is 0.266 e. The molecule has 3 heterocycles. The average Bonchev–Trinajstić information content (AvgIpc) is 3.33. The van der Waals surface area contributed by atoms with Crippen LogP contribution in [0.1, 0.15) is 28.9 Å². The molecule has 31 heavy (non-hydrogen) atoms. The summed E-state index contributed by atoms with van der Waals surface area (Å²) < 4.78 is 32.3. The molecule has 158 valence electrons. The summed E-state index contributed by atoms with van der Waals surface area (Å²) in [5, 5.41) is -0.334. The third-order valence-corrected chi connectivity index (χ3v) is 6.48. The number of nitrogens with one attached hydrogen (secondary N) is 1. The number of nitrogens with two attached hydrogens (primary N) is 1. The maximum absolute atomic E-state index is 12.0. The van der Waals surface area contributed by atoms with Crippen LogP contribution in [0.25, 0.3) is 0 Å². The van der Waals surface area contributed by atoms with E-state index >= 15 is 0 Å². The Balaban J connectivity index is 1.30. The minimum Gasteiger partial charge on any atom is -0.593 e. The molecule has 3 atom stereocenters. The Hall–Kier alpha value is -3.43. The van der Waals surface area contributed by atoms with E-state index in [2.05, 4.69) is 9.71 Å². The van der Waals surface area contributed by atoms with Crippen molar-refractivity contribution < 1.29 is 23.6 Å². The molecular weight excluding hydrogens is 418 g/mol.